The number of nitrogens with two attached hydrogens (primary N) is 1. The second-order valence-corrected chi connectivity index (χ2v) is 7.20. The van der Waals surface area contributed by atoms with E-state index in [1.807, 2.05) is 36.4 Å². The molecule has 3 heterocycles. The Balaban J connectivity index is 1.65. The number of likely N-dealkylation sites (tertiary alicyclic amines) is 1. The summed E-state index contributed by atoms with van der Waals surface area (Å²) in [5.74, 6) is 5.64. The Morgan fingerprint density at radius 2 is 2.13 bits per heavy atom. The number of aromatic nitrogens is 3. The predicted octanol–water partition coefficient (Wildman–Crippen LogP) is 0.0333. The first-order valence-corrected chi connectivity index (χ1v) is 9.57. The number of nitrogen functional groups attached to an aromatic ring is 1. The molecule has 0 aliphatic carbocycles. The van der Waals surface area contributed by atoms with Gasteiger partial charge in [-0.05, 0) is 24.3 Å². The predicted molar refractivity (Wildman–Crippen MR) is 119 cm³/mol. The first-order chi connectivity index (χ1) is 14.4. The van der Waals surface area contributed by atoms with E-state index in [0.717, 1.165) is 5.56 Å². The minimum Gasteiger partial charge on any atom is -0.382 e. The molecule has 148 valence electrons. The molecule has 1 atom stereocenters. The van der Waals surface area contributed by atoms with Crippen molar-refractivity contribution in [2.24, 2.45) is 0 Å². The maximum Gasteiger partial charge on any atom is 0.267 e. The number of aliphatic hydroxyl groups is 1. The van der Waals surface area contributed by atoms with Crippen molar-refractivity contribution in [2.45, 2.75) is 12.0 Å². The number of fused-ring (bicyclic) bond motifs is 1. The number of hydrogen-bond donors (Lipinski definition) is 2. The van der Waals surface area contributed by atoms with Crippen LogP contribution in [0.3, 0.4) is 0 Å². The van der Waals surface area contributed by atoms with Gasteiger partial charge in [-0.15, -0.1) is 6.58 Å². The fraction of sp³-hybridized carbons (Fsp3) is 0.182. The van der Waals surface area contributed by atoms with Crippen LogP contribution in [-0.4, -0.2) is 57.4 Å². The third-order valence-corrected chi connectivity index (χ3v) is 4.99. The van der Waals surface area contributed by atoms with E-state index in [1.165, 1.54) is 0 Å². The van der Waals surface area contributed by atoms with Crippen LogP contribution in [0, 0.1) is 11.8 Å². The Hall–Kier alpha value is -3.70. The Morgan fingerprint density at radius 1 is 1.30 bits per heavy atom. The Morgan fingerprint density at radius 3 is 2.93 bits per heavy atom. The lowest BCUT2D eigenvalue weighted by atomic mass is 10.0. The summed E-state index contributed by atoms with van der Waals surface area (Å²) < 4.78 is 0. The molecule has 1 fully saturated rings. The lowest BCUT2D eigenvalue weighted by Crippen LogP contribution is -2.38. The van der Waals surface area contributed by atoms with Gasteiger partial charge in [0, 0.05) is 30.6 Å². The van der Waals surface area contributed by atoms with E-state index in [0.29, 0.717) is 46.9 Å². The van der Waals surface area contributed by atoms with E-state index in [9.17, 15) is 9.90 Å². The number of carbonyl (C=O) groups is 1. The molecule has 4 rings (SSSR count). The van der Waals surface area contributed by atoms with Crippen LogP contribution >= 0.6 is 0 Å². The number of benzene rings is 1. The minimum atomic E-state index is -1.66. The van der Waals surface area contributed by atoms with Gasteiger partial charge in [0.25, 0.3) is 5.91 Å². The molecule has 1 aromatic carbocycles. The fourth-order valence-electron chi connectivity index (χ4n) is 3.46. The largest absolute Gasteiger partial charge is 0.382 e. The van der Waals surface area contributed by atoms with Crippen molar-refractivity contribution in [2.75, 3.05) is 18.8 Å². The molecule has 2 aromatic heterocycles. The summed E-state index contributed by atoms with van der Waals surface area (Å²) in [4.78, 5) is 27.1. The maximum atomic E-state index is 12.4. The smallest absolute Gasteiger partial charge is 0.267 e. The Kier molecular flexibility index (Phi) is 4.98. The molecule has 0 spiro atoms. The van der Waals surface area contributed by atoms with Gasteiger partial charge < -0.3 is 15.7 Å². The average Bonchev–Trinajstić information content (AvgIpc) is 3.01. The summed E-state index contributed by atoms with van der Waals surface area (Å²) in [6.45, 7) is 4.49. The fourth-order valence-corrected chi connectivity index (χ4v) is 3.46. The molecule has 30 heavy (non-hydrogen) atoms. The van der Waals surface area contributed by atoms with E-state index >= 15 is 0 Å². The normalized spacial score (nSPS) is 18.3. The van der Waals surface area contributed by atoms with Crippen molar-refractivity contribution in [1.82, 2.24) is 19.9 Å². The van der Waals surface area contributed by atoms with Crippen LogP contribution in [0.25, 0.3) is 22.3 Å². The summed E-state index contributed by atoms with van der Waals surface area (Å²) in [6.07, 6.45) is 1.91. The molecule has 0 radical (unpaired) electrons. The number of carbonyl (C=O) groups excluding carboxylic acids is 1. The number of amides is 1. The van der Waals surface area contributed by atoms with Gasteiger partial charge in [-0.2, -0.15) is 0 Å². The summed E-state index contributed by atoms with van der Waals surface area (Å²) in [6, 6.07) is 11.2. The molecule has 1 unspecified atom stereocenters. The second kappa shape index (κ2) is 7.62. The van der Waals surface area contributed by atoms with Gasteiger partial charge in [0.05, 0.1) is 16.9 Å². The maximum absolute atomic E-state index is 12.4. The topological polar surface area (TPSA) is 105 Å². The van der Waals surface area contributed by atoms with Crippen LogP contribution in [-0.2, 0) is 4.79 Å². The van der Waals surface area contributed by atoms with Crippen LogP contribution in [0.4, 0.5) is 5.82 Å². The number of rotatable bonds is 3. The molecule has 1 saturated heterocycles. The summed E-state index contributed by atoms with van der Waals surface area (Å²) in [5.41, 5.74) is 8.38. The number of nitrogens with zero attached hydrogens (tertiary/aromatic N) is 4. The van der Waals surface area contributed by atoms with Gasteiger partial charge in [0.1, 0.15) is 5.52 Å². The first kappa shape index (κ1) is 19.6. The Bertz CT molecular complexity index is 1230. The van der Waals surface area contributed by atoms with Crippen LogP contribution in [0.2, 0.25) is 0 Å². The first-order valence-electron chi connectivity index (χ1n) is 9.57. The molecule has 3 N–H and O–H groups in total. The molecule has 1 amide bonds. The highest BCUT2D eigenvalue weighted by molar-refractivity contribution is 6.29. The highest BCUT2D eigenvalue weighted by Crippen LogP contribution is 2.24. The van der Waals surface area contributed by atoms with Crippen molar-refractivity contribution in [3.63, 3.8) is 0 Å². The zero-order valence-electron chi connectivity index (χ0n) is 16.6. The van der Waals surface area contributed by atoms with Crippen LogP contribution < -0.4 is 11.5 Å². The van der Waals surface area contributed by atoms with Crippen LogP contribution in [0.5, 0.6) is 0 Å². The minimum absolute atomic E-state index is 0.275. The highest BCUT2D eigenvalue weighted by Gasteiger charge is 2.43. The number of anilines is 1. The highest BCUT2D eigenvalue weighted by atomic mass is 16.3. The van der Waals surface area contributed by atoms with Crippen molar-refractivity contribution < 1.29 is 9.90 Å². The molecular formula is C22H20BN5O2. The molecule has 0 saturated carbocycles. The number of hydrogen-bond acceptors (Lipinski definition) is 6. The van der Waals surface area contributed by atoms with Gasteiger partial charge in [-0.1, -0.05) is 30.0 Å². The third-order valence-electron chi connectivity index (χ3n) is 4.99. The molecule has 1 aliphatic rings. The van der Waals surface area contributed by atoms with Crippen molar-refractivity contribution >= 4 is 36.3 Å². The molecular weight excluding hydrogens is 377 g/mol. The van der Waals surface area contributed by atoms with E-state index in [2.05, 4.69) is 33.4 Å². The van der Waals surface area contributed by atoms with E-state index in [4.69, 9.17) is 5.73 Å². The molecule has 8 heteroatoms. The molecule has 3 aromatic rings. The summed E-state index contributed by atoms with van der Waals surface area (Å²) >= 11 is 0. The van der Waals surface area contributed by atoms with Gasteiger partial charge in [0.2, 0.25) is 5.60 Å². The zero-order chi connectivity index (χ0) is 21.3. The van der Waals surface area contributed by atoms with E-state index < -0.39 is 5.60 Å². The average molecular weight is 397 g/mol. The van der Waals surface area contributed by atoms with Crippen molar-refractivity contribution in [3.05, 3.63) is 54.6 Å². The molecule has 7 nitrogen and oxygen atoms in total. The number of pyridine rings is 1. The van der Waals surface area contributed by atoms with Gasteiger partial charge in [0.15, 0.2) is 13.7 Å². The van der Waals surface area contributed by atoms with Gasteiger partial charge in [-0.25, -0.2) is 15.0 Å². The summed E-state index contributed by atoms with van der Waals surface area (Å²) in [5, 5.41) is 10.6. The van der Waals surface area contributed by atoms with Crippen molar-refractivity contribution in [1.29, 1.82) is 0 Å². The lowest BCUT2D eigenvalue weighted by Gasteiger charge is -2.16. The quantitative estimate of drug-likeness (QED) is 0.367. The lowest BCUT2D eigenvalue weighted by molar-refractivity contribution is -0.138. The molecule has 1 aliphatic heterocycles. The van der Waals surface area contributed by atoms with Crippen molar-refractivity contribution in [3.8, 4) is 23.1 Å². The van der Waals surface area contributed by atoms with Gasteiger partial charge >= 0.3 is 0 Å². The standard InChI is InChI=1S/C22H20BN5O2/c1-2-11-28-12-10-22(30,20(28)29)9-8-14-4-3-5-15(13-14)16-6-7-17-18(25-16)19(24)27-21(23)26-17/h2-7,13,30H,1,10-12,23H2,(H2,24,26,27). The SMILES string of the molecule is Bc1nc(N)c2nc(-c3cccc(C#CC4(O)CCN(CC=C)C4=O)c3)ccc2n1. The van der Waals surface area contributed by atoms with Crippen LogP contribution in [0.15, 0.2) is 49.1 Å². The third kappa shape index (κ3) is 3.63. The zero-order valence-corrected chi connectivity index (χ0v) is 16.6. The Labute approximate surface area is 175 Å². The second-order valence-electron chi connectivity index (χ2n) is 7.20. The summed E-state index contributed by atoms with van der Waals surface area (Å²) in [7, 11) is 1.78. The molecule has 0 bridgehead atoms. The van der Waals surface area contributed by atoms with E-state index in [-0.39, 0.29) is 12.3 Å². The van der Waals surface area contributed by atoms with Crippen LogP contribution in [0.1, 0.15) is 12.0 Å². The van der Waals surface area contributed by atoms with Gasteiger partial charge in [-0.3, -0.25) is 4.79 Å². The van der Waals surface area contributed by atoms with E-state index in [1.54, 1.807) is 18.8 Å². The monoisotopic (exact) mass is 397 g/mol.